The van der Waals surface area contributed by atoms with Gasteiger partial charge in [0.25, 0.3) is 0 Å². The van der Waals surface area contributed by atoms with Crippen LogP contribution in [0.5, 0.6) is 0 Å². The third-order valence-electron chi connectivity index (χ3n) is 8.92. The number of H-pyrrole nitrogens is 1. The van der Waals surface area contributed by atoms with Crippen molar-refractivity contribution in [1.82, 2.24) is 20.1 Å². The summed E-state index contributed by atoms with van der Waals surface area (Å²) in [6.45, 7) is 11.4. The molecule has 0 aliphatic carbocycles. The summed E-state index contributed by atoms with van der Waals surface area (Å²) >= 11 is 7.84. The number of aryl methyl sites for hydroxylation is 1. The smallest absolute Gasteiger partial charge is 0.337 e. The zero-order valence-electron chi connectivity index (χ0n) is 25.9. The summed E-state index contributed by atoms with van der Waals surface area (Å²) in [5.74, 6) is -0.604. The number of nitrogens with zero attached hydrogens (tertiary/aromatic N) is 3. The Hall–Kier alpha value is -3.34. The van der Waals surface area contributed by atoms with Gasteiger partial charge in [0.2, 0.25) is 0 Å². The number of benzene rings is 3. The standard InChI is InChI=1S/C35H37ClN4O4S/c1-19-15-27-32(29(20-5-8-23(36)9-6-20)28(19)31(34(41)42)44-35(2,3)4)45-33(37-27)22-7-10-26-25(16-22)30(39-38-26)21-11-13-40(14-12-21)24-17-43-18-24/h5-10,15-16,21,24,31H,11-14,17-18H2,1-4H3,(H,38,39)(H,41,42)/t31-/m0/s1. The molecule has 2 aliphatic heterocycles. The molecular formula is C35H37ClN4O4S. The van der Waals surface area contributed by atoms with Gasteiger partial charge in [-0.05, 0) is 101 Å². The second-order valence-electron chi connectivity index (χ2n) is 13.2. The second kappa shape index (κ2) is 11.8. The lowest BCUT2D eigenvalue weighted by Gasteiger charge is -2.41. The van der Waals surface area contributed by atoms with Crippen LogP contribution in [0.15, 0.2) is 48.5 Å². The average Bonchev–Trinajstić information content (AvgIpc) is 3.59. The molecule has 0 spiro atoms. The molecule has 7 rings (SSSR count). The van der Waals surface area contributed by atoms with E-state index in [0.717, 1.165) is 87.5 Å². The summed E-state index contributed by atoms with van der Waals surface area (Å²) in [5.41, 5.74) is 6.45. The number of hydrogen-bond donors (Lipinski definition) is 2. The molecule has 1 atom stereocenters. The Morgan fingerprint density at radius 1 is 1.09 bits per heavy atom. The molecule has 4 heterocycles. The van der Waals surface area contributed by atoms with E-state index in [1.54, 1.807) is 11.3 Å². The Bertz CT molecular complexity index is 1880. The predicted octanol–water partition coefficient (Wildman–Crippen LogP) is 7.99. The number of carbonyl (C=O) groups is 1. The van der Waals surface area contributed by atoms with Crippen molar-refractivity contribution in [2.75, 3.05) is 26.3 Å². The fourth-order valence-corrected chi connectivity index (χ4v) is 7.87. The number of rotatable bonds is 7. The Labute approximate surface area is 271 Å². The van der Waals surface area contributed by atoms with Crippen LogP contribution < -0.4 is 0 Å². The number of piperidine rings is 1. The maximum absolute atomic E-state index is 12.7. The van der Waals surface area contributed by atoms with Crippen molar-refractivity contribution >= 4 is 50.0 Å². The zero-order chi connectivity index (χ0) is 31.5. The normalized spacial score (nSPS) is 17.6. The molecular weight excluding hydrogens is 608 g/mol. The number of ether oxygens (including phenoxy) is 2. The molecule has 2 aromatic heterocycles. The van der Waals surface area contributed by atoms with Gasteiger partial charge in [-0.2, -0.15) is 5.10 Å². The average molecular weight is 645 g/mol. The van der Waals surface area contributed by atoms with Gasteiger partial charge in [-0.25, -0.2) is 9.78 Å². The maximum Gasteiger partial charge on any atom is 0.337 e. The minimum absolute atomic E-state index is 0.426. The number of aromatic amines is 1. The van der Waals surface area contributed by atoms with Gasteiger partial charge >= 0.3 is 5.97 Å². The third kappa shape index (κ3) is 5.88. The number of hydrogen-bond acceptors (Lipinski definition) is 7. The quantitative estimate of drug-likeness (QED) is 0.185. The lowest BCUT2D eigenvalue weighted by molar-refractivity contribution is -0.160. The highest BCUT2D eigenvalue weighted by Gasteiger charge is 2.33. The highest BCUT2D eigenvalue weighted by molar-refractivity contribution is 7.22. The molecule has 0 unspecified atom stereocenters. The van der Waals surface area contributed by atoms with E-state index in [4.69, 9.17) is 26.1 Å². The third-order valence-corrected chi connectivity index (χ3v) is 10.3. The van der Waals surface area contributed by atoms with Gasteiger partial charge in [0, 0.05) is 38.7 Å². The van der Waals surface area contributed by atoms with E-state index in [0.29, 0.717) is 22.5 Å². The highest BCUT2D eigenvalue weighted by Crippen LogP contribution is 2.45. The summed E-state index contributed by atoms with van der Waals surface area (Å²) in [5, 5.41) is 21.0. The Morgan fingerprint density at radius 3 is 2.44 bits per heavy atom. The molecule has 2 aliphatic rings. The molecule has 0 saturated carbocycles. The fourth-order valence-electron chi connectivity index (χ4n) is 6.62. The SMILES string of the molecule is Cc1cc2nc(-c3ccc4n[nH]c(C5CCN(C6COC6)CC5)c4c3)sc2c(-c2ccc(Cl)cc2)c1[C@H](OC(C)(C)C)C(=O)O. The van der Waals surface area contributed by atoms with E-state index < -0.39 is 17.7 Å². The van der Waals surface area contributed by atoms with Crippen LogP contribution in [0.4, 0.5) is 0 Å². The van der Waals surface area contributed by atoms with E-state index in [1.807, 2.05) is 58.0 Å². The van der Waals surface area contributed by atoms with Gasteiger partial charge in [0.05, 0.1) is 40.6 Å². The van der Waals surface area contributed by atoms with Crippen LogP contribution in [0.1, 0.15) is 62.5 Å². The van der Waals surface area contributed by atoms with Gasteiger partial charge < -0.3 is 14.6 Å². The zero-order valence-corrected chi connectivity index (χ0v) is 27.5. The number of likely N-dealkylation sites (tertiary alicyclic amines) is 1. The summed E-state index contributed by atoms with van der Waals surface area (Å²) in [6.07, 6.45) is 1.03. The molecule has 234 valence electrons. The largest absolute Gasteiger partial charge is 0.479 e. The topological polar surface area (TPSA) is 101 Å². The molecule has 10 heteroatoms. The first-order valence-corrected chi connectivity index (χ1v) is 16.7. The minimum Gasteiger partial charge on any atom is -0.479 e. The van der Waals surface area contributed by atoms with Crippen LogP contribution in [0.25, 0.3) is 42.8 Å². The molecule has 2 fully saturated rings. The molecule has 2 N–H and O–H groups in total. The Balaban J connectivity index is 1.31. The van der Waals surface area contributed by atoms with Crippen LogP contribution in [-0.4, -0.2) is 69.1 Å². The van der Waals surface area contributed by atoms with Crippen molar-refractivity contribution < 1.29 is 19.4 Å². The van der Waals surface area contributed by atoms with E-state index in [2.05, 4.69) is 33.3 Å². The monoisotopic (exact) mass is 644 g/mol. The maximum atomic E-state index is 12.7. The Morgan fingerprint density at radius 2 is 1.80 bits per heavy atom. The number of thiazole rings is 1. The van der Waals surface area contributed by atoms with E-state index in [9.17, 15) is 9.90 Å². The first kappa shape index (κ1) is 30.3. The molecule has 2 saturated heterocycles. The first-order valence-electron chi connectivity index (χ1n) is 15.5. The molecule has 0 amide bonds. The van der Waals surface area contributed by atoms with E-state index in [1.165, 1.54) is 5.69 Å². The number of fused-ring (bicyclic) bond motifs is 2. The fraction of sp³-hybridized carbons (Fsp3) is 0.400. The number of carboxylic acid groups (broad SMARTS) is 1. The summed E-state index contributed by atoms with van der Waals surface area (Å²) in [4.78, 5) is 20.3. The van der Waals surface area contributed by atoms with Crippen molar-refractivity contribution in [2.24, 2.45) is 0 Å². The second-order valence-corrected chi connectivity index (χ2v) is 14.6. The van der Waals surface area contributed by atoms with Crippen LogP contribution in [0.3, 0.4) is 0 Å². The van der Waals surface area contributed by atoms with Crippen molar-refractivity contribution in [3.63, 3.8) is 0 Å². The summed E-state index contributed by atoms with van der Waals surface area (Å²) in [6, 6.07) is 16.4. The summed E-state index contributed by atoms with van der Waals surface area (Å²) < 4.78 is 12.5. The lowest BCUT2D eigenvalue weighted by Crippen LogP contribution is -2.51. The minimum atomic E-state index is -1.15. The van der Waals surface area contributed by atoms with Crippen molar-refractivity contribution in [3.05, 3.63) is 70.4 Å². The molecule has 3 aromatic carbocycles. The van der Waals surface area contributed by atoms with Crippen molar-refractivity contribution in [1.29, 1.82) is 0 Å². The van der Waals surface area contributed by atoms with Crippen LogP contribution in [-0.2, 0) is 14.3 Å². The van der Waals surface area contributed by atoms with E-state index in [-0.39, 0.29) is 0 Å². The predicted molar refractivity (Wildman–Crippen MR) is 179 cm³/mol. The number of aromatic nitrogens is 3. The molecule has 5 aromatic rings. The number of carboxylic acids is 1. The molecule has 0 bridgehead atoms. The number of aliphatic carboxylic acids is 1. The van der Waals surface area contributed by atoms with Gasteiger partial charge in [0.1, 0.15) is 5.01 Å². The van der Waals surface area contributed by atoms with Gasteiger partial charge in [-0.3, -0.25) is 10.00 Å². The van der Waals surface area contributed by atoms with Gasteiger partial charge in [-0.1, -0.05) is 23.7 Å². The van der Waals surface area contributed by atoms with Crippen LogP contribution >= 0.6 is 22.9 Å². The van der Waals surface area contributed by atoms with Crippen LogP contribution in [0, 0.1) is 6.92 Å². The molecule has 0 radical (unpaired) electrons. The van der Waals surface area contributed by atoms with Crippen molar-refractivity contribution in [3.8, 4) is 21.7 Å². The highest BCUT2D eigenvalue weighted by atomic mass is 35.5. The Kier molecular flexibility index (Phi) is 7.94. The molecule has 8 nitrogen and oxygen atoms in total. The van der Waals surface area contributed by atoms with Crippen LogP contribution in [0.2, 0.25) is 5.02 Å². The van der Waals surface area contributed by atoms with Crippen molar-refractivity contribution in [2.45, 2.75) is 64.2 Å². The number of nitrogens with one attached hydrogen (secondary N) is 1. The number of halogens is 1. The lowest BCUT2D eigenvalue weighted by atomic mass is 9.90. The first-order chi connectivity index (χ1) is 21.6. The molecule has 45 heavy (non-hydrogen) atoms. The van der Waals surface area contributed by atoms with Gasteiger partial charge in [-0.15, -0.1) is 11.3 Å². The van der Waals surface area contributed by atoms with Gasteiger partial charge in [0.15, 0.2) is 6.10 Å². The van der Waals surface area contributed by atoms with E-state index >= 15 is 0 Å². The summed E-state index contributed by atoms with van der Waals surface area (Å²) in [7, 11) is 0.